The van der Waals surface area contributed by atoms with E-state index in [9.17, 15) is 0 Å². The van der Waals surface area contributed by atoms with Crippen LogP contribution in [0.2, 0.25) is 0 Å². The Morgan fingerprint density at radius 1 is 1.18 bits per heavy atom. The molecule has 0 fully saturated rings. The second-order valence-corrected chi connectivity index (χ2v) is 3.85. The molecule has 0 aliphatic heterocycles. The van der Waals surface area contributed by atoms with Crippen molar-refractivity contribution >= 4 is 31.9 Å². The Balaban J connectivity index is 4.44. The molecule has 0 amide bonds. The van der Waals surface area contributed by atoms with Gasteiger partial charge in [0.1, 0.15) is 0 Å². The molecule has 0 aromatic rings. The Bertz CT molecular complexity index is 244. The lowest BCUT2D eigenvalue weighted by molar-refractivity contribution is 1.39. The largest absolute Gasteiger partial charge is 0.0664 e. The van der Waals surface area contributed by atoms with Crippen molar-refractivity contribution in [2.45, 2.75) is 20.8 Å². The van der Waals surface area contributed by atoms with Crippen LogP contribution in [0.1, 0.15) is 20.8 Å². The van der Waals surface area contributed by atoms with Crippen molar-refractivity contribution in [3.8, 4) is 11.8 Å². The SMILES string of the molecule is C/C=C(/Br)C#CC(Br)=C(C)C. The molecule has 0 aliphatic carbocycles. The summed E-state index contributed by atoms with van der Waals surface area (Å²) < 4.78 is 1.87. The Hall–Kier alpha value is -0.0000000000000000555. The van der Waals surface area contributed by atoms with Crippen molar-refractivity contribution < 1.29 is 0 Å². The van der Waals surface area contributed by atoms with Gasteiger partial charge in [-0.1, -0.05) is 23.5 Å². The molecule has 0 bridgehead atoms. The highest BCUT2D eigenvalue weighted by Crippen LogP contribution is 2.10. The highest BCUT2D eigenvalue weighted by molar-refractivity contribution is 9.12. The molecule has 0 radical (unpaired) electrons. The van der Waals surface area contributed by atoms with Crippen LogP contribution in [0.15, 0.2) is 20.6 Å². The molecule has 11 heavy (non-hydrogen) atoms. The molecule has 0 rings (SSSR count). The minimum absolute atomic E-state index is 0.913. The van der Waals surface area contributed by atoms with Crippen LogP contribution in [-0.2, 0) is 0 Å². The summed E-state index contributed by atoms with van der Waals surface area (Å²) in [5.41, 5.74) is 1.19. The quantitative estimate of drug-likeness (QED) is 0.588. The van der Waals surface area contributed by atoms with E-state index in [0.717, 1.165) is 8.96 Å². The summed E-state index contributed by atoms with van der Waals surface area (Å²) in [5.74, 6) is 5.90. The summed E-state index contributed by atoms with van der Waals surface area (Å²) in [5, 5.41) is 0. The van der Waals surface area contributed by atoms with Gasteiger partial charge >= 0.3 is 0 Å². The maximum atomic E-state index is 3.36. The van der Waals surface area contributed by atoms with Crippen LogP contribution in [0, 0.1) is 11.8 Å². The van der Waals surface area contributed by atoms with Crippen molar-refractivity contribution in [3.05, 3.63) is 20.6 Å². The van der Waals surface area contributed by atoms with Gasteiger partial charge in [-0.25, -0.2) is 0 Å². The fourth-order valence-corrected chi connectivity index (χ4v) is 0.510. The lowest BCUT2D eigenvalue weighted by Gasteiger charge is -1.87. The molecule has 0 aliphatic rings. The number of hydrogen-bond acceptors (Lipinski definition) is 0. The van der Waals surface area contributed by atoms with E-state index >= 15 is 0 Å². The maximum absolute atomic E-state index is 3.36. The van der Waals surface area contributed by atoms with Gasteiger partial charge in [-0.15, -0.1) is 0 Å². The average Bonchev–Trinajstić information content (AvgIpc) is 1.99. The fourth-order valence-electron chi connectivity index (χ4n) is 0.312. The van der Waals surface area contributed by atoms with Crippen LogP contribution in [0.5, 0.6) is 0 Å². The van der Waals surface area contributed by atoms with E-state index < -0.39 is 0 Å². The Morgan fingerprint density at radius 3 is 2.09 bits per heavy atom. The summed E-state index contributed by atoms with van der Waals surface area (Å²) in [6.07, 6.45) is 1.91. The van der Waals surface area contributed by atoms with E-state index in [1.807, 2.05) is 26.8 Å². The summed E-state index contributed by atoms with van der Waals surface area (Å²) in [7, 11) is 0. The highest BCUT2D eigenvalue weighted by Gasteiger charge is 1.86. The van der Waals surface area contributed by atoms with E-state index in [1.165, 1.54) is 5.57 Å². The Morgan fingerprint density at radius 2 is 1.73 bits per heavy atom. The van der Waals surface area contributed by atoms with Crippen LogP contribution in [-0.4, -0.2) is 0 Å². The van der Waals surface area contributed by atoms with Crippen LogP contribution in [0.4, 0.5) is 0 Å². The van der Waals surface area contributed by atoms with Gasteiger partial charge in [-0.3, -0.25) is 0 Å². The van der Waals surface area contributed by atoms with E-state index in [2.05, 4.69) is 43.7 Å². The number of hydrogen-bond donors (Lipinski definition) is 0. The van der Waals surface area contributed by atoms with Gasteiger partial charge in [0, 0.05) is 0 Å². The second kappa shape index (κ2) is 5.62. The molecular formula is C9H10Br2. The molecule has 0 aromatic heterocycles. The van der Waals surface area contributed by atoms with E-state index in [4.69, 9.17) is 0 Å². The summed E-state index contributed by atoms with van der Waals surface area (Å²) in [4.78, 5) is 0. The minimum atomic E-state index is 0.913. The van der Waals surface area contributed by atoms with Gasteiger partial charge < -0.3 is 0 Å². The van der Waals surface area contributed by atoms with Gasteiger partial charge in [-0.2, -0.15) is 0 Å². The predicted octanol–water partition coefficient (Wildman–Crippen LogP) is 3.98. The van der Waals surface area contributed by atoms with Gasteiger partial charge in [0.15, 0.2) is 0 Å². The third-order valence-electron chi connectivity index (χ3n) is 0.984. The summed E-state index contributed by atoms with van der Waals surface area (Å²) in [6.45, 7) is 5.97. The van der Waals surface area contributed by atoms with Crippen molar-refractivity contribution in [3.63, 3.8) is 0 Å². The molecule has 0 nitrogen and oxygen atoms in total. The normalized spacial score (nSPS) is 10.1. The molecule has 60 valence electrons. The molecule has 2 heteroatoms. The standard InChI is InChI=1S/C9H10Br2/c1-4-8(10)5-6-9(11)7(2)3/h4H,1-3H3/b8-4+. The van der Waals surface area contributed by atoms with Crippen LogP contribution < -0.4 is 0 Å². The van der Waals surface area contributed by atoms with Crippen molar-refractivity contribution in [2.24, 2.45) is 0 Å². The zero-order chi connectivity index (χ0) is 8.85. The zero-order valence-corrected chi connectivity index (χ0v) is 10.0. The first-order chi connectivity index (χ1) is 5.07. The highest BCUT2D eigenvalue weighted by atomic mass is 79.9. The van der Waals surface area contributed by atoms with Crippen molar-refractivity contribution in [1.82, 2.24) is 0 Å². The smallest absolute Gasteiger partial charge is 0.0648 e. The van der Waals surface area contributed by atoms with Crippen LogP contribution >= 0.6 is 31.9 Å². The molecule has 0 atom stereocenters. The Labute approximate surface area is 85.0 Å². The number of halogens is 2. The second-order valence-electron chi connectivity index (χ2n) is 2.20. The minimum Gasteiger partial charge on any atom is -0.0648 e. The van der Waals surface area contributed by atoms with Crippen molar-refractivity contribution in [2.75, 3.05) is 0 Å². The maximum Gasteiger partial charge on any atom is 0.0664 e. The number of rotatable bonds is 0. The first-order valence-electron chi connectivity index (χ1n) is 3.24. The summed E-state index contributed by atoms with van der Waals surface area (Å²) in [6, 6.07) is 0. The lowest BCUT2D eigenvalue weighted by Crippen LogP contribution is -1.69. The number of allylic oxidation sites excluding steroid dienone is 4. The molecule has 0 unspecified atom stereocenters. The molecular weight excluding hydrogens is 268 g/mol. The first kappa shape index (κ1) is 11.0. The molecule has 0 spiro atoms. The van der Waals surface area contributed by atoms with Crippen LogP contribution in [0.25, 0.3) is 0 Å². The Kier molecular flexibility index (Phi) is 5.62. The average molecular weight is 278 g/mol. The predicted molar refractivity (Wildman–Crippen MR) is 57.8 cm³/mol. The van der Waals surface area contributed by atoms with E-state index in [-0.39, 0.29) is 0 Å². The molecule has 0 aromatic carbocycles. The molecule has 0 saturated heterocycles. The van der Waals surface area contributed by atoms with E-state index in [1.54, 1.807) is 0 Å². The third-order valence-corrected chi connectivity index (χ3v) is 2.63. The fraction of sp³-hybridized carbons (Fsp3) is 0.333. The first-order valence-corrected chi connectivity index (χ1v) is 4.83. The van der Waals surface area contributed by atoms with Crippen LogP contribution in [0.3, 0.4) is 0 Å². The molecule has 0 N–H and O–H groups in total. The van der Waals surface area contributed by atoms with Gasteiger partial charge in [0.25, 0.3) is 0 Å². The van der Waals surface area contributed by atoms with Gasteiger partial charge in [0.2, 0.25) is 0 Å². The molecule has 0 heterocycles. The monoisotopic (exact) mass is 276 g/mol. The zero-order valence-electron chi connectivity index (χ0n) is 6.83. The van der Waals surface area contributed by atoms with Gasteiger partial charge in [-0.05, 0) is 52.6 Å². The molecule has 0 saturated carbocycles. The topological polar surface area (TPSA) is 0 Å². The van der Waals surface area contributed by atoms with E-state index in [0.29, 0.717) is 0 Å². The van der Waals surface area contributed by atoms with Gasteiger partial charge in [0.05, 0.1) is 8.96 Å². The van der Waals surface area contributed by atoms with Crippen molar-refractivity contribution in [1.29, 1.82) is 0 Å². The third kappa shape index (κ3) is 5.29. The lowest BCUT2D eigenvalue weighted by atomic mass is 10.3. The summed E-state index contributed by atoms with van der Waals surface area (Å²) >= 11 is 6.66.